The molecule has 0 aliphatic rings. The largest absolute Gasteiger partial charge is 0.493 e. The van der Waals surface area contributed by atoms with E-state index in [2.05, 4.69) is 4.98 Å². The number of rotatable bonds is 7. The van der Waals surface area contributed by atoms with Crippen LogP contribution in [0.4, 0.5) is 0 Å². The van der Waals surface area contributed by atoms with Crippen LogP contribution in [-0.4, -0.2) is 32.9 Å². The van der Waals surface area contributed by atoms with Crippen LogP contribution in [0.25, 0.3) is 23.3 Å². The van der Waals surface area contributed by atoms with Gasteiger partial charge in [0, 0.05) is 21.1 Å². The molecule has 0 amide bonds. The summed E-state index contributed by atoms with van der Waals surface area (Å²) in [4.78, 5) is 29.3. The van der Waals surface area contributed by atoms with Gasteiger partial charge in [0.2, 0.25) is 5.75 Å². The van der Waals surface area contributed by atoms with Crippen LogP contribution in [0, 0.1) is 0 Å². The van der Waals surface area contributed by atoms with E-state index < -0.39 is 11.2 Å². The minimum Gasteiger partial charge on any atom is -0.493 e. The normalized spacial score (nSPS) is 11.3. The van der Waals surface area contributed by atoms with Gasteiger partial charge in [-0.05, 0) is 29.3 Å². The highest BCUT2D eigenvalue weighted by Crippen LogP contribution is 2.39. The smallest absolute Gasteiger partial charge is 0.332 e. The van der Waals surface area contributed by atoms with Gasteiger partial charge in [-0.25, -0.2) is 9.78 Å². The molecule has 2 aromatic heterocycles. The molecule has 34 heavy (non-hydrogen) atoms. The van der Waals surface area contributed by atoms with Gasteiger partial charge in [0.1, 0.15) is 12.4 Å². The zero-order chi connectivity index (χ0) is 24.4. The predicted octanol–water partition coefficient (Wildman–Crippen LogP) is 2.74. The van der Waals surface area contributed by atoms with Gasteiger partial charge in [0.15, 0.2) is 22.7 Å². The summed E-state index contributed by atoms with van der Waals surface area (Å²) >= 11 is 0. The summed E-state index contributed by atoms with van der Waals surface area (Å²) in [5, 5.41) is 0. The van der Waals surface area contributed by atoms with Gasteiger partial charge in [0.25, 0.3) is 5.56 Å². The lowest BCUT2D eigenvalue weighted by atomic mass is 10.1. The Hall–Kier alpha value is -4.27. The fraction of sp³-hybridized carbons (Fsp3) is 0.240. The van der Waals surface area contributed by atoms with Crippen LogP contribution in [0.1, 0.15) is 17.0 Å². The van der Waals surface area contributed by atoms with E-state index in [0.717, 1.165) is 15.7 Å². The lowest BCUT2D eigenvalue weighted by molar-refractivity contribution is 0.266. The van der Waals surface area contributed by atoms with Crippen molar-refractivity contribution in [3.63, 3.8) is 0 Å². The molecular weight excluding hydrogens is 436 g/mol. The third-order valence-corrected chi connectivity index (χ3v) is 5.64. The van der Waals surface area contributed by atoms with E-state index in [4.69, 9.17) is 14.2 Å². The number of nitrogens with zero attached hydrogens (tertiary/aromatic N) is 4. The standard InChI is InChI=1S/C25H26N4O5/c1-27-20(26-23-21(27)24(30)29(3)25(31)28(23)2)12-11-17-13-18(32-4)22(19(14-17)33-5)34-15-16-9-7-6-8-10-16/h6-14H,15H2,1-5H3/b12-11+. The van der Waals surface area contributed by atoms with Crippen LogP contribution in [0.5, 0.6) is 17.2 Å². The van der Waals surface area contributed by atoms with Crippen molar-refractivity contribution in [2.45, 2.75) is 6.61 Å². The summed E-state index contributed by atoms with van der Waals surface area (Å²) in [6.45, 7) is 0.371. The van der Waals surface area contributed by atoms with Crippen LogP contribution >= 0.6 is 0 Å². The van der Waals surface area contributed by atoms with Crippen molar-refractivity contribution < 1.29 is 14.2 Å². The molecule has 0 N–H and O–H groups in total. The summed E-state index contributed by atoms with van der Waals surface area (Å²) in [7, 11) is 7.92. The van der Waals surface area contributed by atoms with Crippen molar-refractivity contribution in [1.82, 2.24) is 18.7 Å². The van der Waals surface area contributed by atoms with Crippen molar-refractivity contribution in [3.05, 3.63) is 80.3 Å². The molecule has 2 heterocycles. The van der Waals surface area contributed by atoms with Gasteiger partial charge in [-0.15, -0.1) is 0 Å². The Morgan fingerprint density at radius 1 is 0.882 bits per heavy atom. The zero-order valence-corrected chi connectivity index (χ0v) is 19.7. The van der Waals surface area contributed by atoms with Gasteiger partial charge in [0.05, 0.1) is 14.2 Å². The number of ether oxygens (including phenoxy) is 3. The molecule has 0 fully saturated rings. The van der Waals surface area contributed by atoms with E-state index in [9.17, 15) is 9.59 Å². The SMILES string of the molecule is COc1cc(/C=C/c2nc3c(c(=O)n(C)c(=O)n3C)n2C)cc(OC)c1OCc1ccccc1. The second kappa shape index (κ2) is 9.30. The van der Waals surface area contributed by atoms with Gasteiger partial charge in [-0.3, -0.25) is 13.9 Å². The zero-order valence-electron chi connectivity index (χ0n) is 19.7. The van der Waals surface area contributed by atoms with Crippen LogP contribution in [-0.2, 0) is 27.7 Å². The molecule has 0 aliphatic carbocycles. The molecule has 0 saturated carbocycles. The molecular formula is C25H26N4O5. The number of imidazole rings is 1. The second-order valence-electron chi connectivity index (χ2n) is 7.77. The van der Waals surface area contributed by atoms with E-state index in [1.807, 2.05) is 48.5 Å². The first-order valence-corrected chi connectivity index (χ1v) is 10.6. The Kier molecular flexibility index (Phi) is 6.27. The van der Waals surface area contributed by atoms with Crippen molar-refractivity contribution >= 4 is 23.3 Å². The summed E-state index contributed by atoms with van der Waals surface area (Å²) in [5.41, 5.74) is 1.68. The van der Waals surface area contributed by atoms with Crippen molar-refractivity contribution in [2.75, 3.05) is 14.2 Å². The van der Waals surface area contributed by atoms with Crippen molar-refractivity contribution in [1.29, 1.82) is 0 Å². The maximum Gasteiger partial charge on any atom is 0.332 e. The number of fused-ring (bicyclic) bond motifs is 1. The van der Waals surface area contributed by atoms with Gasteiger partial charge in [-0.2, -0.15) is 0 Å². The average Bonchev–Trinajstić information content (AvgIpc) is 3.20. The minimum atomic E-state index is -0.424. The van der Waals surface area contributed by atoms with Crippen LogP contribution in [0.3, 0.4) is 0 Å². The summed E-state index contributed by atoms with van der Waals surface area (Å²) in [6, 6.07) is 13.5. The average molecular weight is 463 g/mol. The highest BCUT2D eigenvalue weighted by atomic mass is 16.5. The van der Waals surface area contributed by atoms with Crippen molar-refractivity contribution in [3.8, 4) is 17.2 Å². The quantitative estimate of drug-likeness (QED) is 0.420. The van der Waals surface area contributed by atoms with Gasteiger partial charge < -0.3 is 18.8 Å². The Morgan fingerprint density at radius 2 is 1.53 bits per heavy atom. The maximum atomic E-state index is 12.6. The number of aryl methyl sites for hydroxylation is 2. The Balaban J connectivity index is 1.70. The van der Waals surface area contributed by atoms with E-state index in [1.54, 1.807) is 39.0 Å². The predicted molar refractivity (Wildman–Crippen MR) is 130 cm³/mol. The Bertz CT molecular complexity index is 1470. The third kappa shape index (κ3) is 4.07. The lowest BCUT2D eigenvalue weighted by Gasteiger charge is -2.15. The molecule has 0 radical (unpaired) electrons. The number of hydrogen-bond donors (Lipinski definition) is 0. The molecule has 0 bridgehead atoms. The minimum absolute atomic E-state index is 0.329. The van der Waals surface area contributed by atoms with Gasteiger partial charge in [-0.1, -0.05) is 36.4 Å². The van der Waals surface area contributed by atoms with E-state index in [0.29, 0.717) is 40.8 Å². The molecule has 9 nitrogen and oxygen atoms in total. The summed E-state index contributed by atoms with van der Waals surface area (Å²) < 4.78 is 21.2. The number of aromatic nitrogens is 4. The van der Waals surface area contributed by atoms with Crippen molar-refractivity contribution in [2.24, 2.45) is 21.1 Å². The molecule has 0 aliphatic heterocycles. The van der Waals surface area contributed by atoms with Crippen LogP contribution in [0.15, 0.2) is 52.1 Å². The lowest BCUT2D eigenvalue weighted by Crippen LogP contribution is -2.37. The fourth-order valence-corrected chi connectivity index (χ4v) is 3.72. The van der Waals surface area contributed by atoms with E-state index >= 15 is 0 Å². The highest BCUT2D eigenvalue weighted by molar-refractivity contribution is 5.77. The molecule has 0 unspecified atom stereocenters. The van der Waals surface area contributed by atoms with Gasteiger partial charge >= 0.3 is 5.69 Å². The van der Waals surface area contributed by atoms with E-state index in [1.165, 1.54) is 11.6 Å². The van der Waals surface area contributed by atoms with E-state index in [-0.39, 0.29) is 0 Å². The molecule has 0 atom stereocenters. The topological polar surface area (TPSA) is 89.5 Å². The second-order valence-corrected chi connectivity index (χ2v) is 7.77. The maximum absolute atomic E-state index is 12.6. The van der Waals surface area contributed by atoms with Crippen LogP contribution in [0.2, 0.25) is 0 Å². The molecule has 176 valence electrons. The molecule has 4 aromatic rings. The third-order valence-electron chi connectivity index (χ3n) is 5.64. The Morgan fingerprint density at radius 3 is 2.15 bits per heavy atom. The Labute approximate surface area is 196 Å². The fourth-order valence-electron chi connectivity index (χ4n) is 3.72. The summed E-state index contributed by atoms with van der Waals surface area (Å²) in [6.07, 6.45) is 3.60. The first-order chi connectivity index (χ1) is 16.3. The summed E-state index contributed by atoms with van der Waals surface area (Å²) in [5.74, 6) is 2.08. The number of methoxy groups -OCH3 is 2. The first kappa shape index (κ1) is 22.9. The first-order valence-electron chi connectivity index (χ1n) is 10.6. The van der Waals surface area contributed by atoms with Crippen LogP contribution < -0.4 is 25.5 Å². The molecule has 4 rings (SSSR count). The molecule has 0 spiro atoms. The number of benzene rings is 2. The highest BCUT2D eigenvalue weighted by Gasteiger charge is 2.17. The number of hydrogen-bond acceptors (Lipinski definition) is 6. The molecule has 9 heteroatoms. The molecule has 0 saturated heterocycles. The monoisotopic (exact) mass is 462 g/mol. The molecule has 2 aromatic carbocycles.